The van der Waals surface area contributed by atoms with Gasteiger partial charge in [-0.3, -0.25) is 4.79 Å². The predicted octanol–water partition coefficient (Wildman–Crippen LogP) is 3.86. The van der Waals surface area contributed by atoms with E-state index >= 15 is 0 Å². The lowest BCUT2D eigenvalue weighted by molar-refractivity contribution is 0.103. The van der Waals surface area contributed by atoms with Crippen LogP contribution < -0.4 is 0 Å². The van der Waals surface area contributed by atoms with E-state index in [1.54, 1.807) is 25.1 Å². The molecule has 0 unspecified atom stereocenters. The van der Waals surface area contributed by atoms with Crippen LogP contribution in [0.5, 0.6) is 0 Å². The zero-order chi connectivity index (χ0) is 10.0. The van der Waals surface area contributed by atoms with Crippen molar-refractivity contribution in [2.45, 2.75) is 6.92 Å². The van der Waals surface area contributed by atoms with E-state index in [4.69, 9.17) is 11.6 Å². The third kappa shape index (κ3) is 2.42. The van der Waals surface area contributed by atoms with Crippen molar-refractivity contribution in [2.75, 3.05) is 0 Å². The van der Waals surface area contributed by atoms with Crippen LogP contribution in [0, 0.1) is 0 Å². The van der Waals surface area contributed by atoms with Gasteiger partial charge in [-0.25, -0.2) is 0 Å². The first-order chi connectivity index (χ1) is 6.02. The number of ketones is 1. The average molecular weight is 260 g/mol. The maximum absolute atomic E-state index is 11.5. The molecule has 1 aromatic rings. The van der Waals surface area contributed by atoms with E-state index in [1.807, 2.05) is 0 Å². The minimum absolute atomic E-state index is 0.113. The van der Waals surface area contributed by atoms with Gasteiger partial charge in [-0.05, 0) is 30.7 Å². The molecule has 0 aliphatic heterocycles. The van der Waals surface area contributed by atoms with Crippen LogP contribution in [0.15, 0.2) is 34.8 Å². The topological polar surface area (TPSA) is 17.1 Å². The largest absolute Gasteiger partial charge is 0.289 e. The Labute approximate surface area is 90.5 Å². The zero-order valence-corrected chi connectivity index (χ0v) is 9.45. The fourth-order valence-corrected chi connectivity index (χ4v) is 1.66. The lowest BCUT2D eigenvalue weighted by Crippen LogP contribution is -1.99. The lowest BCUT2D eigenvalue weighted by atomic mass is 10.1. The van der Waals surface area contributed by atoms with Crippen LogP contribution in [-0.4, -0.2) is 5.78 Å². The summed E-state index contributed by atoms with van der Waals surface area (Å²) in [6, 6.07) is 5.16. The van der Waals surface area contributed by atoms with Gasteiger partial charge in [0.2, 0.25) is 0 Å². The highest BCUT2D eigenvalue weighted by Crippen LogP contribution is 2.23. The summed E-state index contributed by atoms with van der Waals surface area (Å²) in [4.78, 5) is 11.5. The number of carbonyl (C=O) groups is 1. The highest BCUT2D eigenvalue weighted by Gasteiger charge is 2.10. The van der Waals surface area contributed by atoms with Gasteiger partial charge in [-0.2, -0.15) is 0 Å². The van der Waals surface area contributed by atoms with E-state index in [0.29, 0.717) is 16.2 Å². The van der Waals surface area contributed by atoms with Crippen LogP contribution in [0.3, 0.4) is 0 Å². The van der Waals surface area contributed by atoms with Crippen molar-refractivity contribution in [3.05, 3.63) is 45.4 Å². The molecule has 68 valence electrons. The first-order valence-corrected chi connectivity index (χ1v) is 4.84. The van der Waals surface area contributed by atoms with E-state index in [9.17, 15) is 4.79 Å². The Morgan fingerprint density at radius 3 is 2.62 bits per heavy atom. The highest BCUT2D eigenvalue weighted by molar-refractivity contribution is 9.10. The molecule has 0 amide bonds. The molecule has 0 atom stereocenters. The van der Waals surface area contributed by atoms with Crippen LogP contribution >= 0.6 is 27.5 Å². The van der Waals surface area contributed by atoms with Crippen molar-refractivity contribution >= 4 is 33.3 Å². The van der Waals surface area contributed by atoms with Gasteiger partial charge < -0.3 is 0 Å². The van der Waals surface area contributed by atoms with Crippen molar-refractivity contribution in [3.8, 4) is 0 Å². The van der Waals surface area contributed by atoms with Crippen molar-refractivity contribution in [1.29, 1.82) is 0 Å². The smallest absolute Gasteiger partial charge is 0.189 e. The summed E-state index contributed by atoms with van der Waals surface area (Å²) in [5, 5.41) is 0.447. The number of carbonyl (C=O) groups excluding carboxylic acids is 1. The summed E-state index contributed by atoms with van der Waals surface area (Å²) >= 11 is 9.14. The molecule has 0 radical (unpaired) electrons. The number of rotatable bonds is 2. The number of benzene rings is 1. The minimum Gasteiger partial charge on any atom is -0.289 e. The Kier molecular flexibility index (Phi) is 3.28. The van der Waals surface area contributed by atoms with Gasteiger partial charge in [0.25, 0.3) is 0 Å². The second-order valence-corrected chi connectivity index (χ2v) is 4.06. The highest BCUT2D eigenvalue weighted by atomic mass is 79.9. The monoisotopic (exact) mass is 258 g/mol. The maximum Gasteiger partial charge on any atom is 0.189 e. The fraction of sp³-hybridized carbons (Fsp3) is 0.100. The molecule has 0 fully saturated rings. The fourth-order valence-electron chi connectivity index (χ4n) is 0.904. The molecule has 13 heavy (non-hydrogen) atoms. The number of halogens is 2. The molecule has 0 spiro atoms. The Balaban J connectivity index is 3.16. The lowest BCUT2D eigenvalue weighted by Gasteiger charge is -2.02. The molecule has 0 N–H and O–H groups in total. The second-order valence-electron chi connectivity index (χ2n) is 2.73. The summed E-state index contributed by atoms with van der Waals surface area (Å²) in [5.41, 5.74) is 0.988. The molecular formula is C10H8BrClO. The van der Waals surface area contributed by atoms with Crippen LogP contribution in [-0.2, 0) is 0 Å². The molecule has 0 aromatic heterocycles. The Hall–Kier alpha value is -0.600. The second kappa shape index (κ2) is 4.07. The normalized spacial score (nSPS) is 9.77. The minimum atomic E-state index is -0.113. The first-order valence-electron chi connectivity index (χ1n) is 3.67. The average Bonchev–Trinajstić information content (AvgIpc) is 2.03. The van der Waals surface area contributed by atoms with Gasteiger partial charge in [0.1, 0.15) is 0 Å². The van der Waals surface area contributed by atoms with Gasteiger partial charge >= 0.3 is 0 Å². The Morgan fingerprint density at radius 2 is 2.15 bits per heavy atom. The maximum atomic E-state index is 11.5. The van der Waals surface area contributed by atoms with Crippen molar-refractivity contribution < 1.29 is 4.79 Å². The SMILES string of the molecule is C=C(C)C(=O)c1ccc(Br)cc1Cl. The molecular weight excluding hydrogens is 251 g/mol. The summed E-state index contributed by atoms with van der Waals surface area (Å²) in [7, 11) is 0. The van der Waals surface area contributed by atoms with Crippen molar-refractivity contribution in [3.63, 3.8) is 0 Å². The van der Waals surface area contributed by atoms with Crippen LogP contribution in [0.2, 0.25) is 5.02 Å². The summed E-state index contributed by atoms with van der Waals surface area (Å²) in [5.74, 6) is -0.113. The number of allylic oxidation sites excluding steroid dienone is 1. The Morgan fingerprint density at radius 1 is 1.54 bits per heavy atom. The van der Waals surface area contributed by atoms with E-state index in [-0.39, 0.29) is 5.78 Å². The molecule has 1 nitrogen and oxygen atoms in total. The number of hydrogen-bond acceptors (Lipinski definition) is 1. The quantitative estimate of drug-likeness (QED) is 0.582. The van der Waals surface area contributed by atoms with Crippen molar-refractivity contribution in [2.24, 2.45) is 0 Å². The van der Waals surface area contributed by atoms with E-state index in [2.05, 4.69) is 22.5 Å². The molecule has 0 saturated carbocycles. The van der Waals surface area contributed by atoms with Gasteiger partial charge in [0.05, 0.1) is 5.02 Å². The van der Waals surface area contributed by atoms with E-state index < -0.39 is 0 Å². The molecule has 0 aliphatic carbocycles. The van der Waals surface area contributed by atoms with Gasteiger partial charge in [0.15, 0.2) is 5.78 Å². The zero-order valence-electron chi connectivity index (χ0n) is 7.10. The van der Waals surface area contributed by atoms with Gasteiger partial charge in [0, 0.05) is 10.0 Å². The molecule has 0 heterocycles. The third-order valence-electron chi connectivity index (χ3n) is 1.56. The number of Topliss-reactive ketones (excluding diaryl/α,β-unsaturated/α-hetero) is 1. The van der Waals surface area contributed by atoms with E-state index in [0.717, 1.165) is 4.47 Å². The standard InChI is InChI=1S/C10H8BrClO/c1-6(2)10(13)8-4-3-7(11)5-9(8)12/h3-5H,1H2,2H3. The van der Waals surface area contributed by atoms with Gasteiger partial charge in [-0.15, -0.1) is 0 Å². The molecule has 0 bridgehead atoms. The van der Waals surface area contributed by atoms with Crippen LogP contribution in [0.1, 0.15) is 17.3 Å². The molecule has 0 saturated heterocycles. The van der Waals surface area contributed by atoms with Crippen LogP contribution in [0.4, 0.5) is 0 Å². The van der Waals surface area contributed by atoms with Crippen LogP contribution in [0.25, 0.3) is 0 Å². The van der Waals surface area contributed by atoms with Crippen molar-refractivity contribution in [1.82, 2.24) is 0 Å². The summed E-state index contributed by atoms with van der Waals surface area (Å²) in [6.45, 7) is 5.24. The number of hydrogen-bond donors (Lipinski definition) is 0. The summed E-state index contributed by atoms with van der Waals surface area (Å²) in [6.07, 6.45) is 0. The molecule has 1 aromatic carbocycles. The molecule has 0 aliphatic rings. The molecule has 3 heteroatoms. The first kappa shape index (κ1) is 10.5. The molecule has 1 rings (SSSR count). The van der Waals surface area contributed by atoms with Gasteiger partial charge in [-0.1, -0.05) is 34.1 Å². The Bertz CT molecular complexity index is 371. The third-order valence-corrected chi connectivity index (χ3v) is 2.37. The van der Waals surface area contributed by atoms with E-state index in [1.165, 1.54) is 0 Å². The predicted molar refractivity (Wildman–Crippen MR) is 58.3 cm³/mol. The summed E-state index contributed by atoms with van der Waals surface area (Å²) < 4.78 is 0.857.